The second-order valence-electron chi connectivity index (χ2n) is 6.77. The summed E-state index contributed by atoms with van der Waals surface area (Å²) in [5, 5.41) is 3.47. The number of hydrogen-bond donors (Lipinski definition) is 1. The first-order valence-corrected chi connectivity index (χ1v) is 7.32. The monoisotopic (exact) mass is 240 g/mol. The van der Waals surface area contributed by atoms with Crippen LogP contribution in [0.2, 0.25) is 0 Å². The zero-order valence-corrected chi connectivity index (χ0v) is 12.6. The molecule has 2 heteroatoms. The van der Waals surface area contributed by atoms with E-state index in [1.165, 1.54) is 45.1 Å². The summed E-state index contributed by atoms with van der Waals surface area (Å²) >= 11 is 0. The summed E-state index contributed by atoms with van der Waals surface area (Å²) in [6, 6.07) is 1.47. The highest BCUT2D eigenvalue weighted by atomic mass is 15.1. The van der Waals surface area contributed by atoms with E-state index in [1.807, 2.05) is 0 Å². The summed E-state index contributed by atoms with van der Waals surface area (Å²) in [6.07, 6.45) is 8.40. The molecule has 1 fully saturated rings. The Labute approximate surface area is 108 Å². The van der Waals surface area contributed by atoms with Crippen molar-refractivity contribution in [1.29, 1.82) is 0 Å². The molecule has 1 atom stereocenters. The van der Waals surface area contributed by atoms with Crippen LogP contribution < -0.4 is 5.32 Å². The van der Waals surface area contributed by atoms with Crippen molar-refractivity contribution >= 4 is 0 Å². The smallest absolute Gasteiger partial charge is 0.0125 e. The Morgan fingerprint density at radius 1 is 1.18 bits per heavy atom. The van der Waals surface area contributed by atoms with Gasteiger partial charge in [0.1, 0.15) is 0 Å². The van der Waals surface area contributed by atoms with Gasteiger partial charge in [0.15, 0.2) is 0 Å². The van der Waals surface area contributed by atoms with Crippen molar-refractivity contribution in [2.24, 2.45) is 5.41 Å². The molecule has 0 aromatic rings. The number of nitrogens with zero attached hydrogens (tertiary/aromatic N) is 1. The van der Waals surface area contributed by atoms with Gasteiger partial charge in [0.2, 0.25) is 0 Å². The molecule has 0 spiro atoms. The van der Waals surface area contributed by atoms with Crippen molar-refractivity contribution in [3.63, 3.8) is 0 Å². The van der Waals surface area contributed by atoms with E-state index < -0.39 is 0 Å². The third-order valence-corrected chi connectivity index (χ3v) is 4.36. The van der Waals surface area contributed by atoms with Gasteiger partial charge >= 0.3 is 0 Å². The molecule has 0 bridgehead atoms. The molecule has 0 aromatic carbocycles. The van der Waals surface area contributed by atoms with Crippen LogP contribution in [-0.4, -0.2) is 37.6 Å². The maximum Gasteiger partial charge on any atom is 0.0125 e. The van der Waals surface area contributed by atoms with Gasteiger partial charge in [-0.25, -0.2) is 0 Å². The molecular weight excluding hydrogens is 208 g/mol. The van der Waals surface area contributed by atoms with Crippen LogP contribution in [0.25, 0.3) is 0 Å². The lowest BCUT2D eigenvalue weighted by molar-refractivity contribution is 0.166. The van der Waals surface area contributed by atoms with Crippen LogP contribution in [0.5, 0.6) is 0 Å². The highest BCUT2D eigenvalue weighted by Crippen LogP contribution is 2.24. The molecule has 0 saturated heterocycles. The second kappa shape index (κ2) is 6.75. The van der Waals surface area contributed by atoms with Crippen LogP contribution in [0.1, 0.15) is 59.3 Å². The van der Waals surface area contributed by atoms with E-state index in [0.717, 1.165) is 6.04 Å². The summed E-state index contributed by atoms with van der Waals surface area (Å²) in [7, 11) is 4.40. The Kier molecular flexibility index (Phi) is 5.94. The minimum atomic E-state index is 0.363. The molecule has 1 aliphatic carbocycles. The summed E-state index contributed by atoms with van der Waals surface area (Å²) in [4.78, 5) is 2.59. The average molecular weight is 240 g/mol. The Balaban J connectivity index is 2.32. The molecular formula is C15H32N2. The quantitative estimate of drug-likeness (QED) is 0.793. The molecule has 1 aliphatic rings. The number of nitrogens with one attached hydrogen (secondary N) is 1. The van der Waals surface area contributed by atoms with Gasteiger partial charge in [-0.05, 0) is 45.3 Å². The van der Waals surface area contributed by atoms with Gasteiger partial charge in [-0.3, -0.25) is 0 Å². The first-order chi connectivity index (χ1) is 7.95. The van der Waals surface area contributed by atoms with Crippen LogP contribution in [0.3, 0.4) is 0 Å². The van der Waals surface area contributed by atoms with Gasteiger partial charge in [0, 0.05) is 12.1 Å². The van der Waals surface area contributed by atoms with Gasteiger partial charge in [-0.2, -0.15) is 0 Å². The molecule has 17 heavy (non-hydrogen) atoms. The van der Waals surface area contributed by atoms with E-state index in [4.69, 9.17) is 0 Å². The van der Waals surface area contributed by atoms with E-state index in [-0.39, 0.29) is 0 Å². The molecule has 102 valence electrons. The second-order valence-corrected chi connectivity index (χ2v) is 6.77. The molecule has 0 radical (unpaired) electrons. The molecule has 0 aliphatic heterocycles. The molecule has 0 aromatic heterocycles. The Morgan fingerprint density at radius 3 is 2.24 bits per heavy atom. The number of hydrogen-bond acceptors (Lipinski definition) is 2. The predicted molar refractivity (Wildman–Crippen MR) is 76.4 cm³/mol. The van der Waals surface area contributed by atoms with Crippen LogP contribution in [0, 0.1) is 5.41 Å². The Hall–Kier alpha value is -0.0800. The largest absolute Gasteiger partial charge is 0.316 e. The van der Waals surface area contributed by atoms with Gasteiger partial charge in [0.25, 0.3) is 0 Å². The van der Waals surface area contributed by atoms with Crippen molar-refractivity contribution in [1.82, 2.24) is 10.2 Å². The van der Waals surface area contributed by atoms with Gasteiger partial charge in [-0.1, -0.05) is 40.0 Å². The summed E-state index contributed by atoms with van der Waals surface area (Å²) in [5.41, 5.74) is 0.363. The predicted octanol–water partition coefficient (Wildman–Crippen LogP) is 3.28. The molecule has 2 nitrogen and oxygen atoms in total. The van der Waals surface area contributed by atoms with E-state index in [2.05, 4.69) is 45.1 Å². The van der Waals surface area contributed by atoms with Crippen molar-refractivity contribution in [3.8, 4) is 0 Å². The SMILES string of the molecule is CNC(CCN(C)C1CCCCC1)C(C)(C)C. The van der Waals surface area contributed by atoms with E-state index in [1.54, 1.807) is 0 Å². The molecule has 1 saturated carbocycles. The van der Waals surface area contributed by atoms with Crippen LogP contribution >= 0.6 is 0 Å². The fraction of sp³-hybridized carbons (Fsp3) is 1.00. The lowest BCUT2D eigenvalue weighted by Gasteiger charge is -2.35. The van der Waals surface area contributed by atoms with Crippen molar-refractivity contribution in [3.05, 3.63) is 0 Å². The lowest BCUT2D eigenvalue weighted by Crippen LogP contribution is -2.42. The molecule has 1 unspecified atom stereocenters. The van der Waals surface area contributed by atoms with Crippen molar-refractivity contribution in [2.45, 2.75) is 71.4 Å². The molecule has 1 rings (SSSR count). The third kappa shape index (κ3) is 4.97. The topological polar surface area (TPSA) is 15.3 Å². The van der Waals surface area contributed by atoms with Gasteiger partial charge in [-0.15, -0.1) is 0 Å². The normalized spacial score (nSPS) is 20.8. The fourth-order valence-electron chi connectivity index (χ4n) is 3.05. The standard InChI is InChI=1S/C15H32N2/c1-15(2,3)14(16-4)11-12-17(5)13-9-7-6-8-10-13/h13-14,16H,6-12H2,1-5H3. The zero-order valence-electron chi connectivity index (χ0n) is 12.6. The lowest BCUT2D eigenvalue weighted by atomic mass is 9.84. The first kappa shape index (κ1) is 15.0. The molecule has 0 amide bonds. The van der Waals surface area contributed by atoms with E-state index >= 15 is 0 Å². The summed E-state index contributed by atoms with van der Waals surface area (Å²) < 4.78 is 0. The van der Waals surface area contributed by atoms with Crippen LogP contribution in [0.15, 0.2) is 0 Å². The average Bonchev–Trinajstić information content (AvgIpc) is 2.29. The third-order valence-electron chi connectivity index (χ3n) is 4.36. The Morgan fingerprint density at radius 2 is 1.76 bits per heavy atom. The molecule has 1 N–H and O–H groups in total. The maximum absolute atomic E-state index is 3.47. The minimum absolute atomic E-state index is 0.363. The van der Waals surface area contributed by atoms with E-state index in [9.17, 15) is 0 Å². The van der Waals surface area contributed by atoms with Gasteiger partial charge in [0.05, 0.1) is 0 Å². The van der Waals surface area contributed by atoms with Gasteiger partial charge < -0.3 is 10.2 Å². The first-order valence-electron chi connectivity index (χ1n) is 7.32. The highest BCUT2D eigenvalue weighted by Gasteiger charge is 2.24. The van der Waals surface area contributed by atoms with Crippen LogP contribution in [-0.2, 0) is 0 Å². The summed E-state index contributed by atoms with van der Waals surface area (Å²) in [5.74, 6) is 0. The van der Waals surface area contributed by atoms with Crippen molar-refractivity contribution in [2.75, 3.05) is 20.6 Å². The zero-order chi connectivity index (χ0) is 12.9. The minimum Gasteiger partial charge on any atom is -0.316 e. The van der Waals surface area contributed by atoms with Crippen molar-refractivity contribution < 1.29 is 0 Å². The fourth-order valence-corrected chi connectivity index (χ4v) is 3.05. The van der Waals surface area contributed by atoms with Crippen LogP contribution in [0.4, 0.5) is 0 Å². The highest BCUT2D eigenvalue weighted by molar-refractivity contribution is 4.81. The molecule has 0 heterocycles. The van der Waals surface area contributed by atoms with E-state index in [0.29, 0.717) is 11.5 Å². The Bertz CT molecular complexity index is 201. The maximum atomic E-state index is 3.47. The number of rotatable bonds is 5. The summed E-state index contributed by atoms with van der Waals surface area (Å²) in [6.45, 7) is 8.21.